The van der Waals surface area contributed by atoms with Gasteiger partial charge in [0.25, 0.3) is 0 Å². The lowest BCUT2D eigenvalue weighted by molar-refractivity contribution is -0.116. The van der Waals surface area contributed by atoms with Crippen LogP contribution in [-0.4, -0.2) is 26.1 Å². The lowest BCUT2D eigenvalue weighted by Gasteiger charge is -2.13. The van der Waals surface area contributed by atoms with Gasteiger partial charge in [-0.15, -0.1) is 12.4 Å². The van der Waals surface area contributed by atoms with Crippen molar-refractivity contribution in [2.45, 2.75) is 26.7 Å². The second kappa shape index (κ2) is 10.5. The number of anilines is 1. The third kappa shape index (κ3) is 7.36. The van der Waals surface area contributed by atoms with Gasteiger partial charge >= 0.3 is 0 Å². The first-order chi connectivity index (χ1) is 9.13. The van der Waals surface area contributed by atoms with E-state index in [9.17, 15) is 4.79 Å². The molecule has 0 unspecified atom stereocenters. The van der Waals surface area contributed by atoms with Gasteiger partial charge in [-0.05, 0) is 38.1 Å². The number of hydrogen-bond donors (Lipinski definition) is 2. The second-order valence-electron chi connectivity index (χ2n) is 4.96. The van der Waals surface area contributed by atoms with E-state index in [0.717, 1.165) is 24.4 Å². The Labute approximate surface area is 127 Å². The molecule has 1 aromatic rings. The van der Waals surface area contributed by atoms with Crippen molar-refractivity contribution < 1.29 is 9.53 Å². The molecule has 114 valence electrons. The van der Waals surface area contributed by atoms with Crippen LogP contribution in [0.25, 0.3) is 0 Å². The predicted molar refractivity (Wildman–Crippen MR) is 85.8 cm³/mol. The molecule has 0 atom stereocenters. The molecule has 1 aromatic carbocycles. The van der Waals surface area contributed by atoms with Gasteiger partial charge < -0.3 is 15.4 Å². The van der Waals surface area contributed by atoms with Crippen LogP contribution in [-0.2, 0) is 4.79 Å². The maximum atomic E-state index is 11.8. The van der Waals surface area contributed by atoms with Crippen LogP contribution in [0, 0.1) is 5.92 Å². The average molecular weight is 301 g/mol. The normalized spacial score (nSPS) is 10.0. The number of carbonyl (C=O) groups is 1. The molecule has 1 amide bonds. The van der Waals surface area contributed by atoms with Gasteiger partial charge in [0.15, 0.2) is 0 Å². The quantitative estimate of drug-likeness (QED) is 0.725. The molecule has 0 spiro atoms. The Balaban J connectivity index is 0.00000361. The number of benzene rings is 1. The van der Waals surface area contributed by atoms with E-state index in [1.54, 1.807) is 0 Å². The van der Waals surface area contributed by atoms with E-state index in [-0.39, 0.29) is 18.3 Å². The van der Waals surface area contributed by atoms with E-state index in [2.05, 4.69) is 24.5 Å². The fourth-order valence-electron chi connectivity index (χ4n) is 1.59. The fourth-order valence-corrected chi connectivity index (χ4v) is 1.59. The summed E-state index contributed by atoms with van der Waals surface area (Å²) in [5.74, 6) is 1.22. The third-order valence-corrected chi connectivity index (χ3v) is 2.56. The van der Waals surface area contributed by atoms with Crippen molar-refractivity contribution in [2.75, 3.05) is 25.5 Å². The molecule has 0 saturated carbocycles. The Morgan fingerprint density at radius 3 is 2.65 bits per heavy atom. The van der Waals surface area contributed by atoms with Crippen molar-refractivity contribution in [3.63, 3.8) is 0 Å². The van der Waals surface area contributed by atoms with Crippen molar-refractivity contribution in [3.8, 4) is 5.75 Å². The van der Waals surface area contributed by atoms with Gasteiger partial charge in [0, 0.05) is 6.42 Å². The maximum Gasteiger partial charge on any atom is 0.224 e. The molecule has 0 radical (unpaired) electrons. The van der Waals surface area contributed by atoms with Crippen molar-refractivity contribution in [3.05, 3.63) is 24.3 Å². The summed E-state index contributed by atoms with van der Waals surface area (Å²) in [6, 6.07) is 7.55. The minimum atomic E-state index is 0. The number of amides is 1. The summed E-state index contributed by atoms with van der Waals surface area (Å²) in [6.45, 7) is 5.68. The van der Waals surface area contributed by atoms with Crippen molar-refractivity contribution in [1.29, 1.82) is 0 Å². The zero-order valence-electron chi connectivity index (χ0n) is 12.4. The Bertz CT molecular complexity index is 397. The van der Waals surface area contributed by atoms with E-state index in [4.69, 9.17) is 4.74 Å². The van der Waals surface area contributed by atoms with Crippen LogP contribution in [0.1, 0.15) is 26.7 Å². The van der Waals surface area contributed by atoms with Crippen molar-refractivity contribution in [2.24, 2.45) is 5.92 Å². The summed E-state index contributed by atoms with van der Waals surface area (Å²) in [4.78, 5) is 11.8. The standard InChI is InChI=1S/C15H24N2O2.ClH/c1-12(2)11-19-14-8-5-4-7-13(14)17-15(18)9-6-10-16-3;/h4-5,7-8,12,16H,6,9-11H2,1-3H3,(H,17,18);1H. The fraction of sp³-hybridized carbons (Fsp3) is 0.533. The summed E-state index contributed by atoms with van der Waals surface area (Å²) in [7, 11) is 1.88. The minimum absolute atomic E-state index is 0. The Hall–Kier alpha value is -1.26. The lowest BCUT2D eigenvalue weighted by atomic mass is 10.2. The van der Waals surface area contributed by atoms with Crippen molar-refractivity contribution in [1.82, 2.24) is 5.32 Å². The predicted octanol–water partition coefficient (Wildman–Crippen LogP) is 3.08. The Morgan fingerprint density at radius 1 is 1.30 bits per heavy atom. The lowest BCUT2D eigenvalue weighted by Crippen LogP contribution is -2.16. The highest BCUT2D eigenvalue weighted by molar-refractivity contribution is 5.92. The minimum Gasteiger partial charge on any atom is -0.491 e. The molecule has 0 aromatic heterocycles. The number of hydrogen-bond acceptors (Lipinski definition) is 3. The number of para-hydroxylation sites is 2. The number of nitrogens with one attached hydrogen (secondary N) is 2. The van der Waals surface area contributed by atoms with E-state index in [1.165, 1.54) is 0 Å². The van der Waals surface area contributed by atoms with Crippen LogP contribution in [0.5, 0.6) is 5.75 Å². The smallest absolute Gasteiger partial charge is 0.224 e. The van der Waals surface area contributed by atoms with E-state index in [0.29, 0.717) is 18.9 Å². The second-order valence-corrected chi connectivity index (χ2v) is 4.96. The highest BCUT2D eigenvalue weighted by atomic mass is 35.5. The zero-order chi connectivity index (χ0) is 14.1. The Kier molecular flexibility index (Phi) is 9.86. The molecular formula is C15H25ClN2O2. The maximum absolute atomic E-state index is 11.8. The van der Waals surface area contributed by atoms with Gasteiger partial charge in [0.2, 0.25) is 5.91 Å². The summed E-state index contributed by atoms with van der Waals surface area (Å²) in [5.41, 5.74) is 0.748. The Morgan fingerprint density at radius 2 is 2.00 bits per heavy atom. The number of rotatable bonds is 8. The van der Waals surface area contributed by atoms with Crippen LogP contribution in [0.3, 0.4) is 0 Å². The van der Waals surface area contributed by atoms with Gasteiger partial charge in [0.05, 0.1) is 12.3 Å². The SMILES string of the molecule is CNCCCC(=O)Nc1ccccc1OCC(C)C.Cl. The largest absolute Gasteiger partial charge is 0.491 e. The molecule has 2 N–H and O–H groups in total. The van der Waals surface area contributed by atoms with Gasteiger partial charge in [-0.2, -0.15) is 0 Å². The van der Waals surface area contributed by atoms with E-state index in [1.807, 2.05) is 31.3 Å². The highest BCUT2D eigenvalue weighted by Gasteiger charge is 2.07. The molecule has 1 rings (SSSR count). The average Bonchev–Trinajstić information content (AvgIpc) is 2.38. The molecule has 0 aliphatic carbocycles. The van der Waals surface area contributed by atoms with Gasteiger partial charge in [-0.1, -0.05) is 26.0 Å². The molecule has 0 bridgehead atoms. The molecular weight excluding hydrogens is 276 g/mol. The summed E-state index contributed by atoms with van der Waals surface area (Å²) in [5, 5.41) is 5.93. The molecule has 0 saturated heterocycles. The van der Waals surface area contributed by atoms with E-state index < -0.39 is 0 Å². The molecule has 0 heterocycles. The van der Waals surface area contributed by atoms with Gasteiger partial charge in [-0.25, -0.2) is 0 Å². The van der Waals surface area contributed by atoms with Gasteiger partial charge in [0.1, 0.15) is 5.75 Å². The third-order valence-electron chi connectivity index (χ3n) is 2.56. The molecule has 4 nitrogen and oxygen atoms in total. The number of carbonyl (C=O) groups excluding carboxylic acids is 1. The van der Waals surface area contributed by atoms with E-state index >= 15 is 0 Å². The highest BCUT2D eigenvalue weighted by Crippen LogP contribution is 2.24. The van der Waals surface area contributed by atoms with Crippen molar-refractivity contribution >= 4 is 24.0 Å². The van der Waals surface area contributed by atoms with Gasteiger partial charge in [-0.3, -0.25) is 4.79 Å². The van der Waals surface area contributed by atoms with Crippen LogP contribution in [0.15, 0.2) is 24.3 Å². The summed E-state index contributed by atoms with van der Waals surface area (Å²) >= 11 is 0. The number of halogens is 1. The van der Waals surface area contributed by atoms with Crippen LogP contribution in [0.4, 0.5) is 5.69 Å². The number of ether oxygens (including phenoxy) is 1. The molecule has 0 aliphatic heterocycles. The van der Waals surface area contributed by atoms with Crippen LogP contribution >= 0.6 is 12.4 Å². The molecule has 0 aliphatic rings. The summed E-state index contributed by atoms with van der Waals surface area (Å²) in [6.07, 6.45) is 1.34. The van der Waals surface area contributed by atoms with Crippen LogP contribution in [0.2, 0.25) is 0 Å². The van der Waals surface area contributed by atoms with Crippen LogP contribution < -0.4 is 15.4 Å². The first-order valence-corrected chi connectivity index (χ1v) is 6.79. The monoisotopic (exact) mass is 300 g/mol. The summed E-state index contributed by atoms with van der Waals surface area (Å²) < 4.78 is 5.70. The molecule has 5 heteroatoms. The first kappa shape index (κ1) is 18.7. The topological polar surface area (TPSA) is 50.4 Å². The zero-order valence-corrected chi connectivity index (χ0v) is 13.3. The first-order valence-electron chi connectivity index (χ1n) is 6.79. The molecule has 0 fully saturated rings. The molecule has 20 heavy (non-hydrogen) atoms.